The van der Waals surface area contributed by atoms with E-state index in [1.165, 1.54) is 6.08 Å². The number of benzene rings is 1. The van der Waals surface area contributed by atoms with E-state index in [4.69, 9.17) is 43.4 Å². The predicted octanol–water partition coefficient (Wildman–Crippen LogP) is 2.02. The molecule has 0 unspecified atom stereocenters. The lowest BCUT2D eigenvalue weighted by Crippen LogP contribution is -2.24. The molecule has 0 spiro atoms. The summed E-state index contributed by atoms with van der Waals surface area (Å²) in [6.07, 6.45) is 5.12. The molecule has 0 saturated carbocycles. The molecule has 1 aliphatic heterocycles. The number of amides is 1. The van der Waals surface area contributed by atoms with E-state index in [1.807, 2.05) is 29.1 Å². The van der Waals surface area contributed by atoms with Crippen molar-refractivity contribution in [1.82, 2.24) is 9.78 Å². The molecular formula is C20H25ClN6O3. The monoisotopic (exact) mass is 432 g/mol. The molecule has 7 N–H and O–H groups in total. The summed E-state index contributed by atoms with van der Waals surface area (Å²) in [5.74, 6) is -0.289. The Balaban J connectivity index is 1.97. The van der Waals surface area contributed by atoms with Crippen LogP contribution in [0, 0.1) is 0 Å². The van der Waals surface area contributed by atoms with Gasteiger partial charge in [-0.15, -0.1) is 0 Å². The zero-order chi connectivity index (χ0) is 21.7. The number of aromatic nitrogens is 2. The highest BCUT2D eigenvalue weighted by atomic mass is 35.5. The smallest absolute Gasteiger partial charge is 0.266 e. The maximum Gasteiger partial charge on any atom is 0.266 e. The van der Waals surface area contributed by atoms with Crippen LogP contribution in [0.3, 0.4) is 0 Å². The van der Waals surface area contributed by atoms with E-state index >= 15 is 0 Å². The van der Waals surface area contributed by atoms with Gasteiger partial charge in [0.1, 0.15) is 10.9 Å². The summed E-state index contributed by atoms with van der Waals surface area (Å²) in [6, 6.07) is 7.74. The first kappa shape index (κ1) is 21.5. The Labute approximate surface area is 179 Å². The van der Waals surface area contributed by atoms with Crippen LogP contribution >= 0.6 is 11.6 Å². The number of primary amides is 1. The van der Waals surface area contributed by atoms with E-state index in [9.17, 15) is 4.79 Å². The summed E-state index contributed by atoms with van der Waals surface area (Å²) in [5, 5.41) is 7.70. The van der Waals surface area contributed by atoms with Gasteiger partial charge in [0.15, 0.2) is 5.75 Å². The van der Waals surface area contributed by atoms with Gasteiger partial charge in [-0.25, -0.2) is 0 Å². The number of nitrogens with two attached hydrogens (primary N) is 3. The normalized spacial score (nSPS) is 16.1. The molecule has 0 radical (unpaired) electrons. The van der Waals surface area contributed by atoms with Crippen molar-refractivity contribution in [3.05, 3.63) is 53.1 Å². The highest BCUT2D eigenvalue weighted by molar-refractivity contribution is 6.29. The average Bonchev–Trinajstić information content (AvgIpc) is 3.23. The quantitative estimate of drug-likeness (QED) is 0.297. The zero-order valence-corrected chi connectivity index (χ0v) is 17.4. The molecule has 2 aromatic rings. The van der Waals surface area contributed by atoms with Gasteiger partial charge in [0.25, 0.3) is 5.91 Å². The molecule has 1 aromatic heterocycles. The van der Waals surface area contributed by atoms with E-state index in [0.29, 0.717) is 17.5 Å². The molecule has 10 heteroatoms. The van der Waals surface area contributed by atoms with Gasteiger partial charge in [0.05, 0.1) is 30.2 Å². The summed E-state index contributed by atoms with van der Waals surface area (Å²) in [6.45, 7) is 1.46. The van der Waals surface area contributed by atoms with Crippen LogP contribution < -0.4 is 27.3 Å². The summed E-state index contributed by atoms with van der Waals surface area (Å²) in [7, 11) is 1.55. The Kier molecular flexibility index (Phi) is 6.86. The lowest BCUT2D eigenvalue weighted by molar-refractivity contribution is -0.114. The second-order valence-electron chi connectivity index (χ2n) is 6.76. The van der Waals surface area contributed by atoms with Crippen LogP contribution in [0.15, 0.2) is 53.1 Å². The number of allylic oxidation sites excluding steroid dienone is 1. The summed E-state index contributed by atoms with van der Waals surface area (Å²) >= 11 is 5.77. The summed E-state index contributed by atoms with van der Waals surface area (Å²) in [4.78, 5) is 11.5. The molecule has 160 valence electrons. The molecule has 1 saturated heterocycles. The predicted molar refractivity (Wildman–Crippen MR) is 115 cm³/mol. The van der Waals surface area contributed by atoms with Crippen molar-refractivity contribution in [3.63, 3.8) is 0 Å². The standard InChI is InChI=1S/C20H25ClN6O3/c1-29-19-13(14-5-8-27(26-14)12-6-9-30-10-7-12)3-2-4-15(19)25-16(11-17(21)22)18(23)20(24)28/h2-5,8,11-12,25H,6-7,9-10,22-23H2,1H3,(H2,24,28)/b17-11-,18-16+. The van der Waals surface area contributed by atoms with Crippen molar-refractivity contribution in [2.45, 2.75) is 18.9 Å². The van der Waals surface area contributed by atoms with E-state index < -0.39 is 5.91 Å². The van der Waals surface area contributed by atoms with E-state index in [2.05, 4.69) is 5.32 Å². The number of anilines is 1. The van der Waals surface area contributed by atoms with Crippen molar-refractivity contribution >= 4 is 23.2 Å². The second-order valence-corrected chi connectivity index (χ2v) is 7.19. The lowest BCUT2D eigenvalue weighted by Gasteiger charge is -2.22. The third-order valence-electron chi connectivity index (χ3n) is 4.78. The van der Waals surface area contributed by atoms with E-state index in [1.54, 1.807) is 13.2 Å². The minimum atomic E-state index is -0.808. The van der Waals surface area contributed by atoms with E-state index in [0.717, 1.165) is 37.3 Å². The molecule has 0 aliphatic carbocycles. The molecule has 2 heterocycles. The Bertz CT molecular complexity index is 975. The van der Waals surface area contributed by atoms with Crippen LogP contribution in [0.25, 0.3) is 11.3 Å². The molecule has 1 aliphatic rings. The number of nitrogens with one attached hydrogen (secondary N) is 1. The first-order chi connectivity index (χ1) is 14.4. The van der Waals surface area contributed by atoms with Crippen molar-refractivity contribution in [2.75, 3.05) is 25.6 Å². The fraction of sp³-hybridized carbons (Fsp3) is 0.300. The minimum Gasteiger partial charge on any atom is -0.494 e. The molecule has 1 aromatic carbocycles. The van der Waals surface area contributed by atoms with Gasteiger partial charge in [-0.05, 0) is 37.1 Å². The van der Waals surface area contributed by atoms with E-state index in [-0.39, 0.29) is 16.6 Å². The van der Waals surface area contributed by atoms with Crippen molar-refractivity contribution < 1.29 is 14.3 Å². The van der Waals surface area contributed by atoms with Gasteiger partial charge in [0, 0.05) is 25.0 Å². The largest absolute Gasteiger partial charge is 0.494 e. The number of ether oxygens (including phenoxy) is 2. The molecule has 0 atom stereocenters. The van der Waals surface area contributed by atoms with Gasteiger partial charge in [-0.2, -0.15) is 5.10 Å². The van der Waals surface area contributed by atoms with Crippen LogP contribution in [0.1, 0.15) is 18.9 Å². The third-order valence-corrected chi connectivity index (χ3v) is 4.88. The number of methoxy groups -OCH3 is 1. The van der Waals surface area contributed by atoms with Gasteiger partial charge in [-0.3, -0.25) is 9.48 Å². The molecule has 9 nitrogen and oxygen atoms in total. The van der Waals surface area contributed by atoms with Crippen LogP contribution in [-0.4, -0.2) is 36.0 Å². The Hall–Kier alpha value is -3.17. The second kappa shape index (κ2) is 9.55. The number of nitrogens with zero attached hydrogens (tertiary/aromatic N) is 2. The van der Waals surface area contributed by atoms with Gasteiger partial charge >= 0.3 is 0 Å². The molecule has 1 fully saturated rings. The van der Waals surface area contributed by atoms with Crippen LogP contribution in [-0.2, 0) is 9.53 Å². The van der Waals surface area contributed by atoms with Gasteiger partial charge < -0.3 is 32.0 Å². The van der Waals surface area contributed by atoms with Crippen LogP contribution in [0.5, 0.6) is 5.75 Å². The van der Waals surface area contributed by atoms with Crippen LogP contribution in [0.2, 0.25) is 0 Å². The summed E-state index contributed by atoms with van der Waals surface area (Å²) in [5.41, 5.74) is 18.7. The van der Waals surface area contributed by atoms with Crippen LogP contribution in [0.4, 0.5) is 5.69 Å². The topological polar surface area (TPSA) is 143 Å². The highest BCUT2D eigenvalue weighted by Gasteiger charge is 2.19. The number of carbonyl (C=O) groups is 1. The molecule has 30 heavy (non-hydrogen) atoms. The zero-order valence-electron chi connectivity index (χ0n) is 16.6. The number of carbonyl (C=O) groups excluding carboxylic acids is 1. The third kappa shape index (κ3) is 4.87. The molecule has 1 amide bonds. The fourth-order valence-electron chi connectivity index (χ4n) is 3.29. The first-order valence-electron chi connectivity index (χ1n) is 9.40. The number of hydrogen-bond donors (Lipinski definition) is 4. The Morgan fingerprint density at radius 2 is 2.03 bits per heavy atom. The maximum absolute atomic E-state index is 11.5. The summed E-state index contributed by atoms with van der Waals surface area (Å²) < 4.78 is 13.0. The number of halogens is 1. The number of hydrogen-bond acceptors (Lipinski definition) is 7. The highest BCUT2D eigenvalue weighted by Crippen LogP contribution is 2.37. The number of rotatable bonds is 7. The lowest BCUT2D eigenvalue weighted by atomic mass is 10.1. The number of para-hydroxylation sites is 1. The van der Waals surface area contributed by atoms with Gasteiger partial charge in [0.2, 0.25) is 0 Å². The molecule has 0 bridgehead atoms. The SMILES string of the molecule is COc1c(NC(/C=C(\N)Cl)=C(/N)C(N)=O)cccc1-c1ccn(C2CCOCC2)n1. The minimum absolute atomic E-state index is 0.0629. The van der Waals surface area contributed by atoms with Crippen molar-refractivity contribution in [3.8, 4) is 17.0 Å². The first-order valence-corrected chi connectivity index (χ1v) is 9.78. The Morgan fingerprint density at radius 1 is 1.30 bits per heavy atom. The molecule has 3 rings (SSSR count). The van der Waals surface area contributed by atoms with Crippen molar-refractivity contribution in [1.29, 1.82) is 0 Å². The maximum atomic E-state index is 11.5. The Morgan fingerprint density at radius 3 is 2.67 bits per heavy atom. The molecular weight excluding hydrogens is 408 g/mol. The fourth-order valence-corrected chi connectivity index (χ4v) is 3.40. The van der Waals surface area contributed by atoms with Gasteiger partial charge in [-0.1, -0.05) is 17.7 Å². The van der Waals surface area contributed by atoms with Crippen molar-refractivity contribution in [2.24, 2.45) is 17.2 Å². The average molecular weight is 433 g/mol.